The zero-order valence-corrected chi connectivity index (χ0v) is 19.4. The summed E-state index contributed by atoms with van der Waals surface area (Å²) >= 11 is 3.62. The van der Waals surface area contributed by atoms with Crippen molar-refractivity contribution < 1.29 is 0 Å². The molecule has 0 unspecified atom stereocenters. The number of guanidine groups is 1. The highest BCUT2D eigenvalue weighted by Crippen LogP contribution is 2.14. The van der Waals surface area contributed by atoms with Gasteiger partial charge in [0, 0.05) is 68.2 Å². The van der Waals surface area contributed by atoms with Crippen molar-refractivity contribution in [2.75, 3.05) is 39.3 Å². The Kier molecular flexibility index (Phi) is 9.30. The first-order chi connectivity index (χ1) is 12.2. The quantitative estimate of drug-likeness (QED) is 0.371. The molecule has 0 radical (unpaired) electrons. The molecule has 0 saturated carbocycles. The fourth-order valence-corrected chi connectivity index (χ4v) is 4.46. The lowest BCUT2D eigenvalue weighted by molar-refractivity contribution is 0.173. The van der Waals surface area contributed by atoms with Crippen LogP contribution in [-0.4, -0.2) is 60.0 Å². The molecule has 144 valence electrons. The minimum absolute atomic E-state index is 0. The van der Waals surface area contributed by atoms with E-state index in [1.165, 1.54) is 14.8 Å². The minimum Gasteiger partial charge on any atom is -0.357 e. The van der Waals surface area contributed by atoms with E-state index in [0.717, 1.165) is 58.2 Å². The second kappa shape index (κ2) is 11.2. The third-order valence-corrected chi connectivity index (χ3v) is 6.06. The SMILES string of the molecule is CCNC(=NCCc1ncc(C)s1)N1CCN(Cc2cccs2)CC1.I. The van der Waals surface area contributed by atoms with Crippen LogP contribution in [0.1, 0.15) is 21.7 Å². The van der Waals surface area contributed by atoms with Crippen LogP contribution in [0.4, 0.5) is 0 Å². The van der Waals surface area contributed by atoms with Crippen molar-refractivity contribution in [3.8, 4) is 0 Å². The Morgan fingerprint density at radius 2 is 2.12 bits per heavy atom. The zero-order chi connectivity index (χ0) is 17.5. The van der Waals surface area contributed by atoms with Crippen molar-refractivity contribution in [1.29, 1.82) is 0 Å². The van der Waals surface area contributed by atoms with Gasteiger partial charge in [0.25, 0.3) is 0 Å². The molecule has 2 aromatic rings. The Bertz CT molecular complexity index is 663. The van der Waals surface area contributed by atoms with Gasteiger partial charge in [-0.3, -0.25) is 9.89 Å². The van der Waals surface area contributed by atoms with E-state index >= 15 is 0 Å². The first-order valence-electron chi connectivity index (χ1n) is 8.94. The van der Waals surface area contributed by atoms with E-state index in [2.05, 4.69) is 51.5 Å². The lowest BCUT2D eigenvalue weighted by Crippen LogP contribution is -2.52. The van der Waals surface area contributed by atoms with Crippen LogP contribution in [0.5, 0.6) is 0 Å². The number of rotatable bonds is 6. The molecule has 0 bridgehead atoms. The van der Waals surface area contributed by atoms with Crippen molar-refractivity contribution in [1.82, 2.24) is 20.1 Å². The number of thiophene rings is 1. The first-order valence-corrected chi connectivity index (χ1v) is 10.6. The van der Waals surface area contributed by atoms with Crippen LogP contribution in [-0.2, 0) is 13.0 Å². The summed E-state index contributed by atoms with van der Waals surface area (Å²) in [6.07, 6.45) is 2.87. The molecule has 0 aromatic carbocycles. The molecule has 0 spiro atoms. The number of hydrogen-bond donors (Lipinski definition) is 1. The lowest BCUT2D eigenvalue weighted by atomic mass is 10.3. The number of aliphatic imine (C=N–C) groups is 1. The number of thiazole rings is 1. The van der Waals surface area contributed by atoms with E-state index < -0.39 is 0 Å². The molecule has 8 heteroatoms. The average Bonchev–Trinajstić information content (AvgIpc) is 3.27. The molecule has 26 heavy (non-hydrogen) atoms. The van der Waals surface area contributed by atoms with E-state index in [0.29, 0.717) is 0 Å². The highest BCUT2D eigenvalue weighted by molar-refractivity contribution is 14.0. The van der Waals surface area contributed by atoms with Crippen molar-refractivity contribution in [2.45, 2.75) is 26.8 Å². The predicted octanol–water partition coefficient (Wildman–Crippen LogP) is 3.46. The standard InChI is InChI=1S/C18H27N5S2.HI/c1-3-19-18(20-7-6-17-21-13-15(2)25-17)23-10-8-22(9-11-23)14-16-5-4-12-24-16;/h4-5,12-13H,3,6-11,14H2,1-2H3,(H,19,20);1H. The Morgan fingerprint density at radius 3 is 2.73 bits per heavy atom. The van der Waals surface area contributed by atoms with Gasteiger partial charge >= 0.3 is 0 Å². The molecule has 0 atom stereocenters. The molecule has 1 aliphatic heterocycles. The number of piperazine rings is 1. The minimum atomic E-state index is 0. The van der Waals surface area contributed by atoms with E-state index in [9.17, 15) is 0 Å². The Labute approximate surface area is 181 Å². The summed E-state index contributed by atoms with van der Waals surface area (Å²) < 4.78 is 0. The van der Waals surface area contributed by atoms with Gasteiger partial charge in [0.15, 0.2) is 5.96 Å². The fraction of sp³-hybridized carbons (Fsp3) is 0.556. The van der Waals surface area contributed by atoms with Gasteiger partial charge in [0.05, 0.1) is 5.01 Å². The summed E-state index contributed by atoms with van der Waals surface area (Å²) in [5.74, 6) is 1.05. The molecular weight excluding hydrogens is 477 g/mol. The number of aryl methyl sites for hydroxylation is 1. The van der Waals surface area contributed by atoms with Crippen LogP contribution in [0, 0.1) is 6.92 Å². The van der Waals surface area contributed by atoms with Gasteiger partial charge in [-0.25, -0.2) is 4.98 Å². The van der Waals surface area contributed by atoms with E-state index in [1.54, 1.807) is 11.3 Å². The Hall–Kier alpha value is -0.710. The van der Waals surface area contributed by atoms with Crippen molar-refractivity contribution >= 4 is 52.6 Å². The monoisotopic (exact) mass is 505 g/mol. The third-order valence-electron chi connectivity index (χ3n) is 4.22. The third kappa shape index (κ3) is 6.47. The van der Waals surface area contributed by atoms with E-state index in [4.69, 9.17) is 4.99 Å². The zero-order valence-electron chi connectivity index (χ0n) is 15.5. The number of nitrogens with one attached hydrogen (secondary N) is 1. The molecule has 3 heterocycles. The molecule has 1 N–H and O–H groups in total. The normalized spacial score (nSPS) is 15.8. The van der Waals surface area contributed by atoms with Crippen molar-refractivity contribution in [2.24, 2.45) is 4.99 Å². The van der Waals surface area contributed by atoms with Crippen LogP contribution in [0.25, 0.3) is 0 Å². The number of aromatic nitrogens is 1. The molecule has 1 aliphatic rings. The van der Waals surface area contributed by atoms with E-state index in [1.807, 2.05) is 17.5 Å². The van der Waals surface area contributed by atoms with Crippen LogP contribution in [0.3, 0.4) is 0 Å². The molecule has 2 aromatic heterocycles. The molecule has 0 amide bonds. The molecule has 1 fully saturated rings. The van der Waals surface area contributed by atoms with Crippen LogP contribution >= 0.6 is 46.7 Å². The van der Waals surface area contributed by atoms with Crippen LogP contribution < -0.4 is 5.32 Å². The maximum Gasteiger partial charge on any atom is 0.194 e. The maximum absolute atomic E-state index is 4.82. The predicted molar refractivity (Wildman–Crippen MR) is 123 cm³/mol. The molecule has 1 saturated heterocycles. The van der Waals surface area contributed by atoms with Crippen LogP contribution in [0.2, 0.25) is 0 Å². The van der Waals surface area contributed by atoms with Crippen molar-refractivity contribution in [3.05, 3.63) is 38.5 Å². The second-order valence-corrected chi connectivity index (χ2v) is 8.54. The van der Waals surface area contributed by atoms with Gasteiger partial charge in [0.2, 0.25) is 0 Å². The lowest BCUT2D eigenvalue weighted by Gasteiger charge is -2.36. The van der Waals surface area contributed by atoms with Crippen LogP contribution in [0.15, 0.2) is 28.7 Å². The summed E-state index contributed by atoms with van der Waals surface area (Å²) in [5.41, 5.74) is 0. The van der Waals surface area contributed by atoms with E-state index in [-0.39, 0.29) is 24.0 Å². The van der Waals surface area contributed by atoms with Gasteiger partial charge in [0.1, 0.15) is 0 Å². The highest BCUT2D eigenvalue weighted by Gasteiger charge is 2.19. The summed E-state index contributed by atoms with van der Waals surface area (Å²) in [6, 6.07) is 4.36. The topological polar surface area (TPSA) is 43.8 Å². The van der Waals surface area contributed by atoms with Gasteiger partial charge in [-0.1, -0.05) is 6.07 Å². The summed E-state index contributed by atoms with van der Waals surface area (Å²) in [5, 5.41) is 6.78. The Balaban J connectivity index is 0.00000243. The van der Waals surface area contributed by atoms with Gasteiger partial charge in [-0.2, -0.15) is 0 Å². The smallest absolute Gasteiger partial charge is 0.194 e. The summed E-state index contributed by atoms with van der Waals surface area (Å²) in [6.45, 7) is 11.3. The first kappa shape index (κ1) is 21.6. The van der Waals surface area contributed by atoms with Crippen molar-refractivity contribution in [3.63, 3.8) is 0 Å². The molecular formula is C18H28IN5S2. The second-order valence-electron chi connectivity index (χ2n) is 6.19. The van der Waals surface area contributed by atoms with Gasteiger partial charge in [-0.05, 0) is 25.3 Å². The largest absolute Gasteiger partial charge is 0.357 e. The summed E-state index contributed by atoms with van der Waals surface area (Å²) in [4.78, 5) is 16.9. The van der Waals surface area contributed by atoms with Gasteiger partial charge < -0.3 is 10.2 Å². The number of nitrogens with zero attached hydrogens (tertiary/aromatic N) is 4. The fourth-order valence-electron chi connectivity index (χ4n) is 2.94. The molecule has 5 nitrogen and oxygen atoms in total. The molecule has 3 rings (SSSR count). The summed E-state index contributed by atoms with van der Waals surface area (Å²) in [7, 11) is 0. The number of halogens is 1. The highest BCUT2D eigenvalue weighted by atomic mass is 127. The number of hydrogen-bond acceptors (Lipinski definition) is 5. The Morgan fingerprint density at radius 1 is 1.31 bits per heavy atom. The average molecular weight is 505 g/mol. The van der Waals surface area contributed by atoms with Gasteiger partial charge in [-0.15, -0.1) is 46.7 Å². The molecule has 0 aliphatic carbocycles. The maximum atomic E-state index is 4.82.